The number of rotatable bonds is 9. The zero-order chi connectivity index (χ0) is 23.9. The molecule has 0 saturated heterocycles. The van der Waals surface area contributed by atoms with Crippen molar-refractivity contribution in [2.75, 3.05) is 17.7 Å². The predicted molar refractivity (Wildman–Crippen MR) is 134 cm³/mol. The summed E-state index contributed by atoms with van der Waals surface area (Å²) in [7, 11) is 0. The van der Waals surface area contributed by atoms with Gasteiger partial charge in [-0.3, -0.25) is 9.36 Å². The minimum absolute atomic E-state index is 0.164. The second-order valence-corrected chi connectivity index (χ2v) is 8.53. The van der Waals surface area contributed by atoms with Crippen molar-refractivity contribution in [3.05, 3.63) is 84.2 Å². The molecule has 3 aromatic carbocycles. The highest BCUT2D eigenvalue weighted by Gasteiger charge is 2.13. The molecule has 0 unspecified atom stereocenters. The molecule has 0 spiro atoms. The molecule has 0 aliphatic carbocycles. The molecule has 1 N–H and O–H groups in total. The van der Waals surface area contributed by atoms with Crippen molar-refractivity contribution in [1.29, 1.82) is 0 Å². The fourth-order valence-electron chi connectivity index (χ4n) is 3.25. The summed E-state index contributed by atoms with van der Waals surface area (Å²) in [4.78, 5) is 12.7. The van der Waals surface area contributed by atoms with Gasteiger partial charge < -0.3 is 14.8 Å². The van der Waals surface area contributed by atoms with Crippen molar-refractivity contribution in [2.24, 2.45) is 0 Å². The summed E-state index contributed by atoms with van der Waals surface area (Å²) in [6, 6.07) is 20.9. The smallest absolute Gasteiger partial charge is 0.234 e. The van der Waals surface area contributed by atoms with Gasteiger partial charge >= 0.3 is 0 Å². The van der Waals surface area contributed by atoms with E-state index in [1.54, 1.807) is 6.33 Å². The van der Waals surface area contributed by atoms with Crippen LogP contribution in [0.2, 0.25) is 0 Å². The number of anilines is 1. The quantitative estimate of drug-likeness (QED) is 0.309. The van der Waals surface area contributed by atoms with Crippen LogP contribution in [-0.4, -0.2) is 33.0 Å². The van der Waals surface area contributed by atoms with Crippen molar-refractivity contribution in [3.63, 3.8) is 0 Å². The van der Waals surface area contributed by atoms with Gasteiger partial charge in [0.25, 0.3) is 0 Å². The molecule has 34 heavy (non-hydrogen) atoms. The Morgan fingerprint density at radius 2 is 1.76 bits per heavy atom. The number of nitrogens with zero attached hydrogens (tertiary/aromatic N) is 3. The van der Waals surface area contributed by atoms with Crippen LogP contribution in [0.4, 0.5) is 5.69 Å². The van der Waals surface area contributed by atoms with E-state index in [-0.39, 0.29) is 11.7 Å². The molecule has 0 aliphatic rings. The Kier molecular flexibility index (Phi) is 7.49. The fraction of sp³-hybridized carbons (Fsp3) is 0.192. The molecule has 0 bridgehead atoms. The molecule has 1 amide bonds. The molecule has 0 atom stereocenters. The molecule has 0 aliphatic heterocycles. The van der Waals surface area contributed by atoms with Gasteiger partial charge in [0.2, 0.25) is 5.91 Å². The molecule has 0 radical (unpaired) electrons. The number of hydrogen-bond donors (Lipinski definition) is 1. The first-order valence-electron chi connectivity index (χ1n) is 10.9. The number of benzene rings is 3. The van der Waals surface area contributed by atoms with E-state index in [0.717, 1.165) is 11.4 Å². The number of carbonyl (C=O) groups is 1. The van der Waals surface area contributed by atoms with E-state index >= 15 is 0 Å². The fourth-order valence-corrected chi connectivity index (χ4v) is 3.98. The first kappa shape index (κ1) is 23.4. The molecule has 174 valence electrons. The van der Waals surface area contributed by atoms with Crippen LogP contribution in [0.5, 0.6) is 17.2 Å². The van der Waals surface area contributed by atoms with Gasteiger partial charge in [0.15, 0.2) is 10.9 Å². The topological polar surface area (TPSA) is 78.3 Å². The van der Waals surface area contributed by atoms with E-state index in [2.05, 4.69) is 41.5 Å². The highest BCUT2D eigenvalue weighted by atomic mass is 32.2. The number of amides is 1. The van der Waals surface area contributed by atoms with Gasteiger partial charge in [0, 0.05) is 5.69 Å². The lowest BCUT2D eigenvalue weighted by Gasteiger charge is -2.13. The minimum Gasteiger partial charge on any atom is -0.494 e. The second kappa shape index (κ2) is 10.9. The molecule has 8 heteroatoms. The van der Waals surface area contributed by atoms with Gasteiger partial charge in [0.1, 0.15) is 17.8 Å². The maximum Gasteiger partial charge on any atom is 0.234 e. The van der Waals surface area contributed by atoms with Crippen molar-refractivity contribution in [2.45, 2.75) is 25.9 Å². The van der Waals surface area contributed by atoms with E-state index < -0.39 is 0 Å². The van der Waals surface area contributed by atoms with Gasteiger partial charge in [-0.15, -0.1) is 10.2 Å². The lowest BCUT2D eigenvalue weighted by Crippen LogP contribution is -2.15. The Balaban J connectivity index is 1.40. The first-order valence-corrected chi connectivity index (χ1v) is 11.9. The molecule has 4 rings (SSSR count). The summed E-state index contributed by atoms with van der Waals surface area (Å²) < 4.78 is 13.3. The third-order valence-corrected chi connectivity index (χ3v) is 6.08. The Hall–Kier alpha value is -3.78. The van der Waals surface area contributed by atoms with Gasteiger partial charge in [-0.1, -0.05) is 30.0 Å². The maximum absolute atomic E-state index is 12.7. The van der Waals surface area contributed by atoms with Gasteiger partial charge in [-0.05, 0) is 80.4 Å². The van der Waals surface area contributed by atoms with Crippen molar-refractivity contribution < 1.29 is 14.3 Å². The third kappa shape index (κ3) is 5.77. The molecule has 1 heterocycles. The molecule has 0 fully saturated rings. The van der Waals surface area contributed by atoms with Crippen molar-refractivity contribution >= 4 is 23.4 Å². The van der Waals surface area contributed by atoms with Gasteiger partial charge in [0.05, 0.1) is 18.0 Å². The summed E-state index contributed by atoms with van der Waals surface area (Å²) in [5, 5.41) is 11.8. The normalized spacial score (nSPS) is 10.7. The molecule has 1 aromatic heterocycles. The summed E-state index contributed by atoms with van der Waals surface area (Å²) in [5.41, 5.74) is 3.96. The second-order valence-electron chi connectivity index (χ2n) is 7.59. The minimum atomic E-state index is -0.164. The monoisotopic (exact) mass is 474 g/mol. The lowest BCUT2D eigenvalue weighted by atomic mass is 10.1. The Morgan fingerprint density at radius 3 is 2.53 bits per heavy atom. The number of hydrogen-bond acceptors (Lipinski definition) is 6. The maximum atomic E-state index is 12.7. The van der Waals surface area contributed by atoms with E-state index in [1.807, 2.05) is 66.1 Å². The Bertz CT molecular complexity index is 1270. The van der Waals surface area contributed by atoms with Crippen LogP contribution in [0.15, 0.2) is 78.2 Å². The summed E-state index contributed by atoms with van der Waals surface area (Å²) in [5.74, 6) is 2.01. The zero-order valence-corrected chi connectivity index (χ0v) is 20.1. The lowest BCUT2D eigenvalue weighted by molar-refractivity contribution is -0.113. The number of thioether (sulfide) groups is 1. The van der Waals surface area contributed by atoms with Crippen molar-refractivity contribution in [1.82, 2.24) is 14.8 Å². The largest absolute Gasteiger partial charge is 0.494 e. The molecule has 4 aromatic rings. The van der Waals surface area contributed by atoms with Gasteiger partial charge in [-0.2, -0.15) is 0 Å². The predicted octanol–water partition coefficient (Wildman–Crippen LogP) is 5.81. The average molecular weight is 475 g/mol. The third-order valence-electron chi connectivity index (χ3n) is 5.14. The van der Waals surface area contributed by atoms with Crippen LogP contribution in [0.25, 0.3) is 5.69 Å². The van der Waals surface area contributed by atoms with E-state index in [9.17, 15) is 4.79 Å². The number of aromatic nitrogens is 3. The van der Waals surface area contributed by atoms with Crippen LogP contribution in [0, 0.1) is 13.8 Å². The molecule has 0 saturated carbocycles. The summed E-state index contributed by atoms with van der Waals surface area (Å²) in [6.45, 7) is 6.68. The van der Waals surface area contributed by atoms with Crippen LogP contribution < -0.4 is 14.8 Å². The number of ether oxygens (including phenoxy) is 2. The molecule has 7 nitrogen and oxygen atoms in total. The Morgan fingerprint density at radius 1 is 1.00 bits per heavy atom. The van der Waals surface area contributed by atoms with Crippen molar-refractivity contribution in [3.8, 4) is 22.9 Å². The van der Waals surface area contributed by atoms with E-state index in [1.165, 1.54) is 22.9 Å². The van der Waals surface area contributed by atoms with Crippen LogP contribution in [0.3, 0.4) is 0 Å². The highest BCUT2D eigenvalue weighted by molar-refractivity contribution is 7.99. The highest BCUT2D eigenvalue weighted by Crippen LogP contribution is 2.30. The Labute approximate surface area is 203 Å². The summed E-state index contributed by atoms with van der Waals surface area (Å²) >= 11 is 1.32. The number of nitrogens with one attached hydrogen (secondary N) is 1. The molecular weight excluding hydrogens is 448 g/mol. The molecular formula is C26H26N4O3S. The van der Waals surface area contributed by atoms with Crippen LogP contribution in [-0.2, 0) is 4.79 Å². The standard InChI is InChI=1S/C26H26N4O3S/c1-4-32-21-11-13-22(14-12-21)33-24-8-6-5-7-23(24)28-25(31)16-34-26-29-27-17-30(26)20-10-9-18(2)19(3)15-20/h5-15,17H,4,16H2,1-3H3,(H,28,31). The SMILES string of the molecule is CCOc1ccc(Oc2ccccc2NC(=O)CSc2nncn2-c2ccc(C)c(C)c2)cc1. The zero-order valence-electron chi connectivity index (χ0n) is 19.3. The van der Waals surface area contributed by atoms with Crippen LogP contribution in [0.1, 0.15) is 18.1 Å². The number of para-hydroxylation sites is 2. The number of aryl methyl sites for hydroxylation is 2. The van der Waals surface area contributed by atoms with E-state index in [0.29, 0.717) is 28.9 Å². The first-order chi connectivity index (χ1) is 16.5. The number of carbonyl (C=O) groups excluding carboxylic acids is 1. The summed E-state index contributed by atoms with van der Waals surface area (Å²) in [6.07, 6.45) is 1.66. The van der Waals surface area contributed by atoms with Gasteiger partial charge in [-0.25, -0.2) is 0 Å². The van der Waals surface area contributed by atoms with E-state index in [4.69, 9.17) is 9.47 Å². The van der Waals surface area contributed by atoms with Crippen LogP contribution >= 0.6 is 11.8 Å². The average Bonchev–Trinajstić information content (AvgIpc) is 3.31.